The predicted octanol–water partition coefficient (Wildman–Crippen LogP) is 2.30. The van der Waals surface area contributed by atoms with Crippen molar-refractivity contribution >= 4 is 46.3 Å². The first-order chi connectivity index (χ1) is 12.9. The van der Waals surface area contributed by atoms with Crippen LogP contribution in [0.3, 0.4) is 0 Å². The molecule has 4 atom stereocenters. The van der Waals surface area contributed by atoms with E-state index in [0.29, 0.717) is 17.1 Å². The molecule has 1 fully saturated rings. The van der Waals surface area contributed by atoms with Gasteiger partial charge in [-0.2, -0.15) is 15.1 Å². The van der Waals surface area contributed by atoms with Crippen LogP contribution >= 0.6 is 23.2 Å². The van der Waals surface area contributed by atoms with Crippen LogP contribution in [-0.4, -0.2) is 50.1 Å². The summed E-state index contributed by atoms with van der Waals surface area (Å²) in [4.78, 5) is 7.94. The Labute approximate surface area is 164 Å². The molecule has 11 heteroatoms. The van der Waals surface area contributed by atoms with E-state index in [2.05, 4.69) is 25.5 Å². The van der Waals surface area contributed by atoms with Gasteiger partial charge in [0.1, 0.15) is 6.10 Å². The molecule has 1 aliphatic rings. The molecule has 27 heavy (non-hydrogen) atoms. The summed E-state index contributed by atoms with van der Waals surface area (Å²) in [6.07, 6.45) is -1.83. The van der Waals surface area contributed by atoms with Gasteiger partial charge in [-0.05, 0) is 30.7 Å². The number of azo groups is 1. The topological polar surface area (TPSA) is 149 Å². The van der Waals surface area contributed by atoms with E-state index in [1.807, 2.05) is 0 Å². The smallest absolute Gasteiger partial charge is 0.223 e. The van der Waals surface area contributed by atoms with Crippen molar-refractivity contribution in [3.8, 4) is 0 Å². The number of halogens is 2. The molecule has 9 nitrogen and oxygen atoms in total. The van der Waals surface area contributed by atoms with E-state index in [0.717, 1.165) is 0 Å². The van der Waals surface area contributed by atoms with Crippen molar-refractivity contribution in [2.24, 2.45) is 16.1 Å². The zero-order chi connectivity index (χ0) is 19.6. The summed E-state index contributed by atoms with van der Waals surface area (Å²) in [6.45, 7) is -0.244. The van der Waals surface area contributed by atoms with Gasteiger partial charge in [0.05, 0.1) is 17.8 Å². The van der Waals surface area contributed by atoms with E-state index in [-0.39, 0.29) is 29.2 Å². The number of hydrogen-bond donors (Lipinski definition) is 5. The summed E-state index contributed by atoms with van der Waals surface area (Å²) >= 11 is 12.0. The highest BCUT2D eigenvalue weighted by Gasteiger charge is 2.41. The molecule has 3 rings (SSSR count). The number of nitrogen functional groups attached to an aromatic ring is 1. The van der Waals surface area contributed by atoms with E-state index in [4.69, 9.17) is 28.9 Å². The second-order valence-corrected chi connectivity index (χ2v) is 6.95. The van der Waals surface area contributed by atoms with Gasteiger partial charge in [-0.25, -0.2) is 0 Å². The third kappa shape index (κ3) is 4.45. The van der Waals surface area contributed by atoms with E-state index >= 15 is 0 Å². The molecular weight excluding hydrogens is 395 g/mol. The molecule has 0 saturated heterocycles. The van der Waals surface area contributed by atoms with Gasteiger partial charge in [-0.3, -0.25) is 0 Å². The highest BCUT2D eigenvalue weighted by Crippen LogP contribution is 2.36. The van der Waals surface area contributed by atoms with Gasteiger partial charge < -0.3 is 26.4 Å². The van der Waals surface area contributed by atoms with Crippen LogP contribution < -0.4 is 11.1 Å². The average Bonchev–Trinajstić information content (AvgIpc) is 2.90. The molecule has 0 radical (unpaired) electrons. The van der Waals surface area contributed by atoms with Crippen LogP contribution in [0.4, 0.5) is 23.1 Å². The van der Waals surface area contributed by atoms with Crippen molar-refractivity contribution in [3.05, 3.63) is 34.4 Å². The predicted molar refractivity (Wildman–Crippen MR) is 102 cm³/mol. The maximum absolute atomic E-state index is 10.2. The van der Waals surface area contributed by atoms with Crippen LogP contribution in [0, 0.1) is 5.92 Å². The first-order valence-corrected chi connectivity index (χ1v) is 8.88. The quantitative estimate of drug-likeness (QED) is 0.373. The Balaban J connectivity index is 1.88. The molecule has 1 aliphatic carbocycles. The number of hydrogen-bond acceptors (Lipinski definition) is 9. The molecular formula is C16H18Cl2N6O3. The van der Waals surface area contributed by atoms with Crippen molar-refractivity contribution in [1.29, 1.82) is 0 Å². The van der Waals surface area contributed by atoms with Gasteiger partial charge in [0, 0.05) is 17.5 Å². The maximum atomic E-state index is 10.2. The van der Waals surface area contributed by atoms with Gasteiger partial charge in [0.25, 0.3) is 0 Å². The third-order valence-electron chi connectivity index (χ3n) is 4.31. The van der Waals surface area contributed by atoms with Crippen LogP contribution in [0.2, 0.25) is 10.2 Å². The fourth-order valence-corrected chi connectivity index (χ4v) is 3.21. The fourth-order valence-electron chi connectivity index (χ4n) is 2.87. The van der Waals surface area contributed by atoms with Crippen molar-refractivity contribution in [1.82, 2.24) is 9.97 Å². The second-order valence-electron chi connectivity index (χ2n) is 6.16. The van der Waals surface area contributed by atoms with Crippen molar-refractivity contribution in [3.63, 3.8) is 0 Å². The normalized spacial score (nSPS) is 25.2. The first kappa shape index (κ1) is 19.7. The van der Waals surface area contributed by atoms with Crippen molar-refractivity contribution < 1.29 is 15.3 Å². The molecule has 2 aromatic rings. The molecule has 0 amide bonds. The molecule has 0 unspecified atom stereocenters. The number of nitrogens with one attached hydrogen (secondary N) is 1. The Morgan fingerprint density at radius 2 is 1.81 bits per heavy atom. The standard InChI is InChI=1S/C16H18Cl2N6O3/c17-8-1-3-9(4-2-8)23-24-11-14(18)21-16(19)22-15(11)20-10-5-7(6-25)12(26)13(10)27/h1-4,7,10,12-13,25-27H,5-6H2,(H3,19,20,21,22)/t7-,10-,12-,13+/m0/s1. The molecule has 1 saturated carbocycles. The molecule has 1 aromatic heterocycles. The highest BCUT2D eigenvalue weighted by atomic mass is 35.5. The van der Waals surface area contributed by atoms with Crippen molar-refractivity contribution in [2.45, 2.75) is 24.7 Å². The minimum Gasteiger partial charge on any atom is -0.396 e. The number of aliphatic hydroxyl groups excluding tert-OH is 3. The fraction of sp³-hybridized carbons (Fsp3) is 0.375. The Hall–Kier alpha value is -2.04. The molecule has 1 heterocycles. The Bertz CT molecular complexity index is 836. The van der Waals surface area contributed by atoms with Gasteiger partial charge >= 0.3 is 0 Å². The Morgan fingerprint density at radius 3 is 2.44 bits per heavy atom. The molecule has 0 aliphatic heterocycles. The molecule has 0 spiro atoms. The molecule has 1 aromatic carbocycles. The number of aliphatic hydroxyl groups is 3. The van der Waals surface area contributed by atoms with Crippen LogP contribution in [0.5, 0.6) is 0 Å². The average molecular weight is 413 g/mol. The third-order valence-corrected chi connectivity index (χ3v) is 4.82. The van der Waals surface area contributed by atoms with E-state index in [9.17, 15) is 15.3 Å². The molecule has 0 bridgehead atoms. The minimum absolute atomic E-state index is 0.0190. The number of anilines is 2. The lowest BCUT2D eigenvalue weighted by Crippen LogP contribution is -2.35. The Kier molecular flexibility index (Phi) is 6.08. The lowest BCUT2D eigenvalue weighted by atomic mass is 10.1. The number of benzene rings is 1. The highest BCUT2D eigenvalue weighted by molar-refractivity contribution is 6.32. The van der Waals surface area contributed by atoms with Gasteiger partial charge in [-0.15, -0.1) is 5.11 Å². The van der Waals surface area contributed by atoms with E-state index in [1.54, 1.807) is 24.3 Å². The van der Waals surface area contributed by atoms with Gasteiger partial charge in [-0.1, -0.05) is 23.2 Å². The molecule has 6 N–H and O–H groups in total. The summed E-state index contributed by atoms with van der Waals surface area (Å²) in [6, 6.07) is 6.11. The number of rotatable bonds is 5. The number of aromatic nitrogens is 2. The summed E-state index contributed by atoms with van der Waals surface area (Å²) in [5, 5.41) is 41.1. The monoisotopic (exact) mass is 412 g/mol. The largest absolute Gasteiger partial charge is 0.396 e. The summed E-state index contributed by atoms with van der Waals surface area (Å²) in [7, 11) is 0. The number of nitrogens with zero attached hydrogens (tertiary/aromatic N) is 4. The maximum Gasteiger partial charge on any atom is 0.223 e. The lowest BCUT2D eigenvalue weighted by molar-refractivity contribution is 0.00446. The SMILES string of the molecule is Nc1nc(Cl)c(N=Nc2ccc(Cl)cc2)c(N[C@H]2C[C@@H](CO)[C@H](O)[C@@H]2O)n1. The van der Waals surface area contributed by atoms with Gasteiger partial charge in [0.15, 0.2) is 16.7 Å². The molecule has 144 valence electrons. The van der Waals surface area contributed by atoms with Crippen LogP contribution in [0.25, 0.3) is 0 Å². The lowest BCUT2D eigenvalue weighted by Gasteiger charge is -2.19. The van der Waals surface area contributed by atoms with Crippen LogP contribution in [-0.2, 0) is 0 Å². The van der Waals surface area contributed by atoms with Crippen molar-refractivity contribution in [2.75, 3.05) is 17.7 Å². The number of nitrogens with two attached hydrogens (primary N) is 1. The van der Waals surface area contributed by atoms with Gasteiger partial charge in [0.2, 0.25) is 5.95 Å². The van der Waals surface area contributed by atoms with E-state index < -0.39 is 24.2 Å². The van der Waals surface area contributed by atoms with Crippen LogP contribution in [0.1, 0.15) is 6.42 Å². The minimum atomic E-state index is -1.10. The second kappa shape index (κ2) is 8.32. The zero-order valence-electron chi connectivity index (χ0n) is 14.0. The summed E-state index contributed by atoms with van der Waals surface area (Å²) in [5.74, 6) is -0.369. The first-order valence-electron chi connectivity index (χ1n) is 8.13. The van der Waals surface area contributed by atoms with E-state index in [1.165, 1.54) is 0 Å². The zero-order valence-corrected chi connectivity index (χ0v) is 15.5. The summed E-state index contributed by atoms with van der Waals surface area (Å²) in [5.41, 5.74) is 6.33. The Morgan fingerprint density at radius 1 is 1.11 bits per heavy atom. The summed E-state index contributed by atoms with van der Waals surface area (Å²) < 4.78 is 0. The van der Waals surface area contributed by atoms with Crippen LogP contribution in [0.15, 0.2) is 34.5 Å².